The second-order valence-electron chi connectivity index (χ2n) is 8.98. The van der Waals surface area contributed by atoms with Gasteiger partial charge in [-0.15, -0.1) is 0 Å². The average Bonchev–Trinajstić information content (AvgIpc) is 2.79. The minimum atomic E-state index is -4.59. The summed E-state index contributed by atoms with van der Waals surface area (Å²) in [5.41, 5.74) is 2.27. The fraction of sp³-hybridized carbons (Fsp3) is 0.346. The number of pyridine rings is 1. The highest BCUT2D eigenvalue weighted by Gasteiger charge is 2.34. The van der Waals surface area contributed by atoms with Gasteiger partial charge in [-0.2, -0.15) is 13.2 Å². The van der Waals surface area contributed by atoms with E-state index in [0.717, 1.165) is 48.3 Å². The van der Waals surface area contributed by atoms with E-state index in [1.807, 2.05) is 43.3 Å². The van der Waals surface area contributed by atoms with E-state index in [-0.39, 0.29) is 23.3 Å². The van der Waals surface area contributed by atoms with Gasteiger partial charge in [0.15, 0.2) is 0 Å². The van der Waals surface area contributed by atoms with E-state index >= 15 is 0 Å². The van der Waals surface area contributed by atoms with Gasteiger partial charge in [0, 0.05) is 48.6 Å². The second kappa shape index (κ2) is 9.52. The highest BCUT2D eigenvalue weighted by molar-refractivity contribution is 5.91. The van der Waals surface area contributed by atoms with E-state index in [1.165, 1.54) is 12.1 Å². The van der Waals surface area contributed by atoms with Crippen LogP contribution in [0.15, 0.2) is 55.1 Å². The van der Waals surface area contributed by atoms with Gasteiger partial charge in [0.2, 0.25) is 0 Å². The maximum Gasteiger partial charge on any atom is 0.433 e. The Balaban J connectivity index is 1.49. The summed E-state index contributed by atoms with van der Waals surface area (Å²) in [5.74, 6) is -0.517. The molecule has 8 heteroatoms. The zero-order valence-electron chi connectivity index (χ0n) is 19.2. The molecule has 2 N–H and O–H groups in total. The molecule has 1 aliphatic carbocycles. The van der Waals surface area contributed by atoms with Crippen molar-refractivity contribution in [1.82, 2.24) is 10.3 Å². The van der Waals surface area contributed by atoms with E-state index < -0.39 is 17.7 Å². The van der Waals surface area contributed by atoms with Crippen molar-refractivity contribution in [2.24, 2.45) is 0 Å². The first-order valence-electron chi connectivity index (χ1n) is 11.3. The van der Waals surface area contributed by atoms with Crippen LogP contribution in [0.4, 0.5) is 28.9 Å². The van der Waals surface area contributed by atoms with Gasteiger partial charge >= 0.3 is 6.18 Å². The Hall–Kier alpha value is -3.29. The fourth-order valence-corrected chi connectivity index (χ4v) is 4.43. The van der Waals surface area contributed by atoms with Crippen LogP contribution >= 0.6 is 0 Å². The molecule has 1 heterocycles. The van der Waals surface area contributed by atoms with Crippen molar-refractivity contribution in [3.05, 3.63) is 72.2 Å². The number of halogens is 4. The van der Waals surface area contributed by atoms with Gasteiger partial charge in [-0.05, 0) is 67.6 Å². The molecule has 2 unspecified atom stereocenters. The molecule has 2 aromatic carbocycles. The average molecular weight is 473 g/mol. The lowest BCUT2D eigenvalue weighted by Crippen LogP contribution is -2.38. The lowest BCUT2D eigenvalue weighted by molar-refractivity contribution is -0.140. The van der Waals surface area contributed by atoms with E-state index in [4.69, 9.17) is 0 Å². The summed E-state index contributed by atoms with van der Waals surface area (Å²) in [6, 6.07) is 12.7. The molecule has 1 fully saturated rings. The summed E-state index contributed by atoms with van der Waals surface area (Å²) in [6.07, 6.45) is -1.23. The van der Waals surface area contributed by atoms with Crippen LogP contribution in [0.3, 0.4) is 0 Å². The van der Waals surface area contributed by atoms with Crippen LogP contribution < -0.4 is 15.5 Å². The van der Waals surface area contributed by atoms with Crippen LogP contribution in [0, 0.1) is 5.82 Å². The lowest BCUT2D eigenvalue weighted by atomic mass is 9.90. The molecule has 1 saturated carbocycles. The highest BCUT2D eigenvalue weighted by Crippen LogP contribution is 2.35. The number of alkyl halides is 3. The van der Waals surface area contributed by atoms with Crippen molar-refractivity contribution in [3.63, 3.8) is 0 Å². The van der Waals surface area contributed by atoms with E-state index in [2.05, 4.69) is 22.2 Å². The SMILES string of the molecule is C=C(NC1CCCC(Nc2cc(C(F)(F)F)nc3ccc(F)cc23)C1)c1ccc(N(C)C)cc1. The van der Waals surface area contributed by atoms with E-state index in [9.17, 15) is 17.6 Å². The number of aromatic nitrogens is 1. The predicted molar refractivity (Wildman–Crippen MR) is 129 cm³/mol. The van der Waals surface area contributed by atoms with Gasteiger partial charge in [0.25, 0.3) is 0 Å². The Bertz CT molecular complexity index is 1170. The third-order valence-corrected chi connectivity index (χ3v) is 6.21. The van der Waals surface area contributed by atoms with Crippen LogP contribution in [-0.2, 0) is 6.18 Å². The van der Waals surface area contributed by atoms with Crippen LogP contribution in [0.1, 0.15) is 36.9 Å². The third-order valence-electron chi connectivity index (χ3n) is 6.21. The fourth-order valence-electron chi connectivity index (χ4n) is 4.43. The van der Waals surface area contributed by atoms with Gasteiger partial charge < -0.3 is 15.5 Å². The van der Waals surface area contributed by atoms with Crippen LogP contribution in [-0.4, -0.2) is 31.2 Å². The van der Waals surface area contributed by atoms with E-state index in [0.29, 0.717) is 11.8 Å². The number of fused-ring (bicyclic) bond motifs is 1. The molecule has 0 aliphatic heterocycles. The Morgan fingerprint density at radius 2 is 1.74 bits per heavy atom. The van der Waals surface area contributed by atoms with Crippen molar-refractivity contribution in [2.75, 3.05) is 24.3 Å². The number of hydrogen-bond acceptors (Lipinski definition) is 4. The first-order valence-corrected chi connectivity index (χ1v) is 11.3. The summed E-state index contributed by atoms with van der Waals surface area (Å²) in [5, 5.41) is 7.07. The van der Waals surface area contributed by atoms with Crippen LogP contribution in [0.2, 0.25) is 0 Å². The summed E-state index contributed by atoms with van der Waals surface area (Å²) in [6.45, 7) is 4.17. The normalized spacial score (nSPS) is 18.5. The number of nitrogens with one attached hydrogen (secondary N) is 2. The zero-order valence-corrected chi connectivity index (χ0v) is 19.2. The van der Waals surface area contributed by atoms with Gasteiger partial charge in [-0.3, -0.25) is 0 Å². The Morgan fingerprint density at radius 1 is 1.03 bits per heavy atom. The molecular weight excluding hydrogens is 444 g/mol. The topological polar surface area (TPSA) is 40.2 Å². The van der Waals surface area contributed by atoms with Crippen molar-refractivity contribution < 1.29 is 17.6 Å². The summed E-state index contributed by atoms with van der Waals surface area (Å²) < 4.78 is 54.1. The summed E-state index contributed by atoms with van der Waals surface area (Å²) >= 11 is 0. The molecule has 1 aliphatic rings. The molecule has 0 saturated heterocycles. The standard InChI is InChI=1S/C26H28F4N4/c1-16(17-7-10-21(11-8-17)34(2)3)31-19-5-4-6-20(14-19)32-24-15-25(26(28,29)30)33-23-12-9-18(27)13-22(23)24/h7-13,15,19-20,31H,1,4-6,14H2,2-3H3,(H,32,33). The molecule has 34 heavy (non-hydrogen) atoms. The van der Waals surface area contributed by atoms with Crippen molar-refractivity contribution in [3.8, 4) is 0 Å². The first kappa shape index (κ1) is 23.9. The largest absolute Gasteiger partial charge is 0.433 e. The molecule has 2 atom stereocenters. The monoisotopic (exact) mass is 472 g/mol. The highest BCUT2D eigenvalue weighted by atomic mass is 19.4. The number of rotatable bonds is 6. The van der Waals surface area contributed by atoms with Crippen molar-refractivity contribution in [2.45, 2.75) is 43.9 Å². The second-order valence-corrected chi connectivity index (χ2v) is 8.98. The van der Waals surface area contributed by atoms with Gasteiger partial charge in [-0.1, -0.05) is 18.7 Å². The summed E-state index contributed by atoms with van der Waals surface area (Å²) in [4.78, 5) is 5.71. The molecule has 0 spiro atoms. The molecule has 0 amide bonds. The predicted octanol–water partition coefficient (Wildman–Crippen LogP) is 6.44. The molecule has 1 aromatic heterocycles. The molecule has 0 bridgehead atoms. The Morgan fingerprint density at radius 3 is 2.41 bits per heavy atom. The maximum absolute atomic E-state index is 13.9. The minimum Gasteiger partial charge on any atom is -0.382 e. The van der Waals surface area contributed by atoms with Gasteiger partial charge in [-0.25, -0.2) is 9.37 Å². The molecule has 0 radical (unpaired) electrons. The molecule has 4 nitrogen and oxygen atoms in total. The number of anilines is 2. The maximum atomic E-state index is 13.9. The smallest absolute Gasteiger partial charge is 0.382 e. The molecule has 4 rings (SSSR count). The third kappa shape index (κ3) is 5.43. The Kier molecular flexibility index (Phi) is 6.68. The quantitative estimate of drug-likeness (QED) is 0.405. The summed E-state index contributed by atoms with van der Waals surface area (Å²) in [7, 11) is 3.96. The van der Waals surface area contributed by atoms with Crippen LogP contribution in [0.25, 0.3) is 16.6 Å². The van der Waals surface area contributed by atoms with E-state index in [1.54, 1.807) is 0 Å². The zero-order chi connectivity index (χ0) is 24.5. The van der Waals surface area contributed by atoms with Crippen molar-refractivity contribution >= 4 is 28.0 Å². The first-order chi connectivity index (χ1) is 16.1. The minimum absolute atomic E-state index is 0.0647. The Labute approximate surface area is 196 Å². The van der Waals surface area contributed by atoms with Gasteiger partial charge in [0.1, 0.15) is 11.5 Å². The number of hydrogen-bond donors (Lipinski definition) is 2. The van der Waals surface area contributed by atoms with Crippen LogP contribution in [0.5, 0.6) is 0 Å². The molecule has 3 aromatic rings. The number of nitrogens with zero attached hydrogens (tertiary/aromatic N) is 2. The van der Waals surface area contributed by atoms with Gasteiger partial charge in [0.05, 0.1) is 5.52 Å². The molecule has 180 valence electrons. The molecular formula is C26H28F4N4. The lowest BCUT2D eigenvalue weighted by Gasteiger charge is -2.32. The number of benzene rings is 2. The van der Waals surface area contributed by atoms with Crippen molar-refractivity contribution in [1.29, 1.82) is 0 Å².